The number of halogens is 1. The smallest absolute Gasteiger partial charge is 0.257 e. The summed E-state index contributed by atoms with van der Waals surface area (Å²) in [6.07, 6.45) is 3.79. The van der Waals surface area contributed by atoms with E-state index in [0.29, 0.717) is 22.9 Å². The molecule has 6 heteroatoms. The number of amides is 1. The van der Waals surface area contributed by atoms with Crippen molar-refractivity contribution in [3.8, 4) is 0 Å². The summed E-state index contributed by atoms with van der Waals surface area (Å²) in [7, 11) is 2.22. The van der Waals surface area contributed by atoms with Crippen molar-refractivity contribution in [1.82, 2.24) is 4.90 Å². The summed E-state index contributed by atoms with van der Waals surface area (Å²) in [6.45, 7) is 11.3. The van der Waals surface area contributed by atoms with E-state index in [-0.39, 0.29) is 22.8 Å². The third kappa shape index (κ3) is 4.24. The third-order valence-corrected chi connectivity index (χ3v) is 7.04. The van der Waals surface area contributed by atoms with Crippen molar-refractivity contribution < 1.29 is 9.18 Å². The first kappa shape index (κ1) is 22.3. The minimum absolute atomic E-state index is 0.124. The molecule has 4 rings (SSSR count). The van der Waals surface area contributed by atoms with Crippen LogP contribution in [-0.2, 0) is 4.79 Å². The normalized spacial score (nSPS) is 21.3. The number of piperidine rings is 1. The van der Waals surface area contributed by atoms with E-state index in [1.165, 1.54) is 12.1 Å². The van der Waals surface area contributed by atoms with E-state index in [4.69, 9.17) is 0 Å². The lowest BCUT2D eigenvalue weighted by Crippen LogP contribution is -2.61. The van der Waals surface area contributed by atoms with Gasteiger partial charge in [0.25, 0.3) is 5.91 Å². The van der Waals surface area contributed by atoms with Crippen LogP contribution in [0.15, 0.2) is 42.6 Å². The van der Waals surface area contributed by atoms with E-state index in [9.17, 15) is 9.18 Å². The van der Waals surface area contributed by atoms with Gasteiger partial charge in [-0.2, -0.15) is 0 Å². The number of anilines is 3. The van der Waals surface area contributed by atoms with E-state index in [1.54, 1.807) is 12.3 Å². The highest BCUT2D eigenvalue weighted by molar-refractivity contribution is 6.31. The van der Waals surface area contributed by atoms with Crippen molar-refractivity contribution in [3.05, 3.63) is 59.5 Å². The van der Waals surface area contributed by atoms with Crippen molar-refractivity contribution in [1.29, 1.82) is 0 Å². The SMILES string of the molecule is Cc1cc(NC=C2C(=O)Nc3ccc(F)cc32)ccc1NC1CC(C)(C)N(C)C(C)(C)C1. The van der Waals surface area contributed by atoms with E-state index in [0.717, 1.165) is 29.8 Å². The number of rotatable bonds is 4. The second kappa shape index (κ2) is 7.93. The second-order valence-corrected chi connectivity index (χ2v) is 10.3. The number of fused-ring (bicyclic) bond motifs is 1. The van der Waals surface area contributed by atoms with Crippen LogP contribution in [0.25, 0.3) is 5.57 Å². The van der Waals surface area contributed by atoms with E-state index in [1.807, 2.05) is 6.07 Å². The number of likely N-dealkylation sites (tertiary alicyclic amines) is 1. The molecule has 1 saturated heterocycles. The lowest BCUT2D eigenvalue weighted by molar-refractivity contribution is -0.110. The van der Waals surface area contributed by atoms with Gasteiger partial charge in [0.2, 0.25) is 0 Å². The molecule has 0 aliphatic carbocycles. The van der Waals surface area contributed by atoms with Crippen LogP contribution in [0.4, 0.5) is 21.5 Å². The number of hydrogen-bond donors (Lipinski definition) is 3. The number of nitrogens with zero attached hydrogens (tertiary/aromatic N) is 1. The Morgan fingerprint density at radius 1 is 1.09 bits per heavy atom. The standard InChI is InChI=1S/C26H33FN4O/c1-16-11-18(28-15-21-20-12-17(27)7-9-23(20)30-24(21)32)8-10-22(16)29-19-13-25(2,3)31(6)26(4,5)14-19/h7-12,15,19,28-29H,13-14H2,1-6H3,(H,30,32). The molecule has 0 unspecified atom stereocenters. The average molecular weight is 437 g/mol. The molecule has 170 valence electrons. The Bertz CT molecular complexity index is 1070. The molecule has 3 N–H and O–H groups in total. The molecule has 1 amide bonds. The summed E-state index contributed by atoms with van der Waals surface area (Å²) in [5, 5.41) is 9.72. The number of nitrogens with one attached hydrogen (secondary N) is 3. The molecular weight excluding hydrogens is 403 g/mol. The Labute approximate surface area is 190 Å². The maximum atomic E-state index is 13.6. The number of benzene rings is 2. The molecule has 2 aromatic rings. The molecule has 2 heterocycles. The fraction of sp³-hybridized carbons (Fsp3) is 0.423. The zero-order valence-electron chi connectivity index (χ0n) is 19.8. The van der Waals surface area contributed by atoms with Crippen LogP contribution in [0, 0.1) is 12.7 Å². The van der Waals surface area contributed by atoms with Crippen molar-refractivity contribution in [2.24, 2.45) is 0 Å². The van der Waals surface area contributed by atoms with Crippen molar-refractivity contribution in [3.63, 3.8) is 0 Å². The van der Waals surface area contributed by atoms with Gasteiger partial charge in [0.05, 0.1) is 5.57 Å². The highest BCUT2D eigenvalue weighted by atomic mass is 19.1. The number of carbonyl (C=O) groups excluding carboxylic acids is 1. The third-order valence-electron chi connectivity index (χ3n) is 7.04. The van der Waals surface area contributed by atoms with E-state index in [2.05, 4.69) is 74.6 Å². The van der Waals surface area contributed by atoms with Gasteiger partial charge in [-0.3, -0.25) is 9.69 Å². The molecule has 0 aromatic heterocycles. The Morgan fingerprint density at radius 3 is 2.44 bits per heavy atom. The van der Waals surface area contributed by atoms with Gasteiger partial charge in [-0.15, -0.1) is 0 Å². The molecule has 32 heavy (non-hydrogen) atoms. The molecule has 2 aliphatic heterocycles. The molecule has 0 saturated carbocycles. The fourth-order valence-corrected chi connectivity index (χ4v) is 5.07. The van der Waals surface area contributed by atoms with Gasteiger partial charge in [-0.1, -0.05) is 0 Å². The van der Waals surface area contributed by atoms with Gasteiger partial charge in [-0.05, 0) is 96.5 Å². The highest BCUT2D eigenvalue weighted by Crippen LogP contribution is 2.38. The van der Waals surface area contributed by atoms with Crippen LogP contribution in [0.3, 0.4) is 0 Å². The lowest BCUT2D eigenvalue weighted by Gasteiger charge is -2.54. The molecular formula is C26H33FN4O. The molecule has 0 atom stereocenters. The predicted octanol–water partition coefficient (Wildman–Crippen LogP) is 5.60. The summed E-state index contributed by atoms with van der Waals surface area (Å²) in [5.74, 6) is -0.599. The van der Waals surface area contributed by atoms with Gasteiger partial charge in [-0.25, -0.2) is 4.39 Å². The van der Waals surface area contributed by atoms with Crippen LogP contribution < -0.4 is 16.0 Å². The maximum Gasteiger partial charge on any atom is 0.257 e. The zero-order valence-corrected chi connectivity index (χ0v) is 19.8. The van der Waals surface area contributed by atoms with Crippen LogP contribution in [0.1, 0.15) is 51.7 Å². The van der Waals surface area contributed by atoms with Gasteiger partial charge in [0, 0.05) is 45.9 Å². The molecule has 2 aliphatic rings. The number of carbonyl (C=O) groups is 1. The van der Waals surface area contributed by atoms with Gasteiger partial charge in [0.1, 0.15) is 5.82 Å². The maximum absolute atomic E-state index is 13.6. The van der Waals surface area contributed by atoms with Crippen LogP contribution in [-0.4, -0.2) is 35.0 Å². The highest BCUT2D eigenvalue weighted by Gasteiger charge is 2.43. The molecule has 0 spiro atoms. The topological polar surface area (TPSA) is 56.4 Å². The summed E-state index contributed by atoms with van der Waals surface area (Å²) < 4.78 is 13.6. The Balaban J connectivity index is 1.48. The number of aryl methyl sites for hydroxylation is 1. The summed E-state index contributed by atoms with van der Waals surface area (Å²) in [5.41, 5.74) is 5.00. The molecule has 1 fully saturated rings. The van der Waals surface area contributed by atoms with Crippen LogP contribution in [0.2, 0.25) is 0 Å². The second-order valence-electron chi connectivity index (χ2n) is 10.3. The first-order valence-electron chi connectivity index (χ1n) is 11.2. The molecule has 5 nitrogen and oxygen atoms in total. The fourth-order valence-electron chi connectivity index (χ4n) is 5.07. The largest absolute Gasteiger partial charge is 0.382 e. The van der Waals surface area contributed by atoms with Gasteiger partial charge in [0.15, 0.2) is 0 Å². The molecule has 0 bridgehead atoms. The van der Waals surface area contributed by atoms with Crippen LogP contribution >= 0.6 is 0 Å². The quantitative estimate of drug-likeness (QED) is 0.546. The Kier molecular flexibility index (Phi) is 5.53. The summed E-state index contributed by atoms with van der Waals surface area (Å²) in [6, 6.07) is 10.8. The molecule has 0 radical (unpaired) electrons. The van der Waals surface area contributed by atoms with E-state index < -0.39 is 0 Å². The average Bonchev–Trinajstić information content (AvgIpc) is 3.00. The van der Waals surface area contributed by atoms with Crippen molar-refractivity contribution >= 4 is 28.5 Å². The number of hydrogen-bond acceptors (Lipinski definition) is 4. The van der Waals surface area contributed by atoms with E-state index >= 15 is 0 Å². The monoisotopic (exact) mass is 436 g/mol. The molecule has 2 aromatic carbocycles. The minimum Gasteiger partial charge on any atom is -0.382 e. The van der Waals surface area contributed by atoms with Gasteiger partial charge < -0.3 is 16.0 Å². The Morgan fingerprint density at radius 2 is 1.78 bits per heavy atom. The van der Waals surface area contributed by atoms with Crippen LogP contribution in [0.5, 0.6) is 0 Å². The summed E-state index contributed by atoms with van der Waals surface area (Å²) in [4.78, 5) is 14.8. The first-order valence-corrected chi connectivity index (χ1v) is 11.2. The summed E-state index contributed by atoms with van der Waals surface area (Å²) >= 11 is 0. The zero-order chi connectivity index (χ0) is 23.3. The lowest BCUT2D eigenvalue weighted by atomic mass is 9.77. The van der Waals surface area contributed by atoms with Gasteiger partial charge >= 0.3 is 0 Å². The predicted molar refractivity (Wildman–Crippen MR) is 130 cm³/mol. The Hall–Kier alpha value is -2.86. The minimum atomic E-state index is -0.363. The van der Waals surface area contributed by atoms with Crippen molar-refractivity contribution in [2.45, 2.75) is 64.6 Å². The first-order chi connectivity index (χ1) is 15.0. The van der Waals surface area contributed by atoms with Crippen molar-refractivity contribution in [2.75, 3.05) is 23.0 Å².